The largest absolute Gasteiger partial charge is 0.468 e. The fourth-order valence-corrected chi connectivity index (χ4v) is 3.92. The Morgan fingerprint density at radius 1 is 0.947 bits per heavy atom. The maximum Gasteiger partial charge on any atom is 0.468 e. The van der Waals surface area contributed by atoms with Gasteiger partial charge in [-0.15, -0.1) is 0 Å². The standard InChI is InChI=1S/C25H30F3NO9/c1-13(17-10-11-17)34-22-21(36-16(4)32)20(35-15(3)31)19(12-33-14(2)30)37-23(22)38-24(25(26,27)28)29-18-8-6-5-7-9-18/h5-9,13,17,19-23H,10-12H2,1-4H3/t13?,19-,20-,21+,22-,23?/m1/s1. The maximum atomic E-state index is 14.0. The van der Waals surface area contributed by atoms with Gasteiger partial charge in [0, 0.05) is 20.8 Å². The van der Waals surface area contributed by atoms with E-state index in [0.29, 0.717) is 0 Å². The van der Waals surface area contributed by atoms with Gasteiger partial charge in [0.15, 0.2) is 18.3 Å². The van der Waals surface area contributed by atoms with Crippen molar-refractivity contribution >= 4 is 29.5 Å². The van der Waals surface area contributed by atoms with Crippen LogP contribution in [0.15, 0.2) is 35.3 Å². The molecule has 0 spiro atoms. The molecule has 13 heteroatoms. The van der Waals surface area contributed by atoms with Crippen molar-refractivity contribution in [2.75, 3.05) is 6.61 Å². The molecule has 0 aromatic heterocycles. The monoisotopic (exact) mass is 545 g/mol. The summed E-state index contributed by atoms with van der Waals surface area (Å²) >= 11 is 0. The van der Waals surface area contributed by atoms with Gasteiger partial charge in [-0.2, -0.15) is 13.2 Å². The summed E-state index contributed by atoms with van der Waals surface area (Å²) < 4.78 is 74.9. The van der Waals surface area contributed by atoms with Crippen LogP contribution in [0.5, 0.6) is 0 Å². The van der Waals surface area contributed by atoms with E-state index in [2.05, 4.69) is 4.99 Å². The number of hydrogen-bond donors (Lipinski definition) is 0. The molecule has 1 heterocycles. The Hall–Kier alpha value is -3.19. The smallest absolute Gasteiger partial charge is 0.463 e. The van der Waals surface area contributed by atoms with Gasteiger partial charge in [0.05, 0.1) is 11.8 Å². The molecule has 210 valence electrons. The summed E-state index contributed by atoms with van der Waals surface area (Å²) in [5, 5.41) is 0. The number of hydrogen-bond acceptors (Lipinski definition) is 10. The van der Waals surface area contributed by atoms with E-state index >= 15 is 0 Å². The Labute approximate surface area is 217 Å². The van der Waals surface area contributed by atoms with Gasteiger partial charge in [-0.05, 0) is 37.8 Å². The fraction of sp³-hybridized carbons (Fsp3) is 0.600. The molecule has 0 amide bonds. The van der Waals surface area contributed by atoms with E-state index in [-0.39, 0.29) is 11.6 Å². The molecular formula is C25H30F3NO9. The Kier molecular flexibility index (Phi) is 9.71. The number of ether oxygens (including phenoxy) is 6. The van der Waals surface area contributed by atoms with Crippen molar-refractivity contribution in [1.29, 1.82) is 0 Å². The predicted molar refractivity (Wildman–Crippen MR) is 124 cm³/mol. The van der Waals surface area contributed by atoms with Crippen LogP contribution in [0, 0.1) is 5.92 Å². The van der Waals surface area contributed by atoms with E-state index in [9.17, 15) is 27.6 Å². The third kappa shape index (κ3) is 8.42. The highest BCUT2D eigenvalue weighted by atomic mass is 19.4. The minimum absolute atomic E-state index is 0.0368. The molecule has 1 saturated carbocycles. The van der Waals surface area contributed by atoms with Crippen LogP contribution in [0.2, 0.25) is 0 Å². The minimum atomic E-state index is -5.04. The molecule has 38 heavy (non-hydrogen) atoms. The van der Waals surface area contributed by atoms with Crippen molar-refractivity contribution in [2.45, 2.75) is 83.5 Å². The molecule has 1 saturated heterocycles. The lowest BCUT2D eigenvalue weighted by Gasteiger charge is -2.45. The first-order valence-corrected chi connectivity index (χ1v) is 12.0. The number of nitrogens with zero attached hydrogens (tertiary/aromatic N) is 1. The highest BCUT2D eigenvalue weighted by Crippen LogP contribution is 2.38. The summed E-state index contributed by atoms with van der Waals surface area (Å²) in [6.07, 6.45) is -11.3. The molecule has 1 aliphatic carbocycles. The third-order valence-electron chi connectivity index (χ3n) is 5.76. The Morgan fingerprint density at radius 3 is 2.08 bits per heavy atom. The van der Waals surface area contributed by atoms with Crippen LogP contribution in [0.25, 0.3) is 0 Å². The van der Waals surface area contributed by atoms with Gasteiger partial charge in [0.1, 0.15) is 12.7 Å². The summed E-state index contributed by atoms with van der Waals surface area (Å²) in [6.45, 7) is 4.46. The molecule has 2 fully saturated rings. The first kappa shape index (κ1) is 29.4. The van der Waals surface area contributed by atoms with Crippen molar-refractivity contribution in [1.82, 2.24) is 0 Å². The number of rotatable bonds is 9. The summed E-state index contributed by atoms with van der Waals surface area (Å²) in [6, 6.07) is 7.31. The van der Waals surface area contributed by atoms with Gasteiger partial charge in [-0.3, -0.25) is 14.4 Å². The number of alkyl halides is 3. The molecule has 0 radical (unpaired) electrons. The van der Waals surface area contributed by atoms with E-state index < -0.39 is 73.4 Å². The molecule has 6 atom stereocenters. The molecule has 0 bridgehead atoms. The lowest BCUT2D eigenvalue weighted by molar-refractivity contribution is -0.307. The molecule has 2 unspecified atom stereocenters. The lowest BCUT2D eigenvalue weighted by Crippen LogP contribution is -2.63. The molecule has 1 aromatic rings. The minimum Gasteiger partial charge on any atom is -0.463 e. The van der Waals surface area contributed by atoms with Crippen LogP contribution < -0.4 is 0 Å². The summed E-state index contributed by atoms with van der Waals surface area (Å²) in [7, 11) is 0. The van der Waals surface area contributed by atoms with Crippen molar-refractivity contribution in [3.8, 4) is 0 Å². The van der Waals surface area contributed by atoms with E-state index in [1.807, 2.05) is 0 Å². The zero-order valence-electron chi connectivity index (χ0n) is 21.3. The topological polar surface area (TPSA) is 119 Å². The molecule has 1 aromatic carbocycles. The second-order valence-corrected chi connectivity index (χ2v) is 9.00. The molecule has 1 aliphatic heterocycles. The van der Waals surface area contributed by atoms with Crippen LogP contribution in [0.1, 0.15) is 40.5 Å². The van der Waals surface area contributed by atoms with Crippen LogP contribution >= 0.6 is 0 Å². The van der Waals surface area contributed by atoms with E-state index in [1.54, 1.807) is 13.0 Å². The van der Waals surface area contributed by atoms with Gasteiger partial charge >= 0.3 is 24.1 Å². The number of benzene rings is 1. The summed E-state index contributed by atoms with van der Waals surface area (Å²) in [4.78, 5) is 39.0. The number of para-hydroxylation sites is 1. The molecule has 10 nitrogen and oxygen atoms in total. The van der Waals surface area contributed by atoms with E-state index in [4.69, 9.17) is 28.4 Å². The molecular weight excluding hydrogens is 515 g/mol. The lowest BCUT2D eigenvalue weighted by atomic mass is 9.97. The zero-order valence-corrected chi connectivity index (χ0v) is 21.3. The summed E-state index contributed by atoms with van der Waals surface area (Å²) in [5.41, 5.74) is -0.0368. The molecule has 3 rings (SSSR count). The second kappa shape index (κ2) is 12.6. The van der Waals surface area contributed by atoms with Gasteiger partial charge in [-0.1, -0.05) is 18.2 Å². The first-order valence-electron chi connectivity index (χ1n) is 12.0. The van der Waals surface area contributed by atoms with Crippen molar-refractivity contribution in [3.05, 3.63) is 30.3 Å². The Balaban J connectivity index is 2.03. The molecule has 2 aliphatic rings. The van der Waals surface area contributed by atoms with Crippen LogP contribution in [0.3, 0.4) is 0 Å². The Morgan fingerprint density at radius 2 is 1.55 bits per heavy atom. The van der Waals surface area contributed by atoms with E-state index in [1.165, 1.54) is 24.3 Å². The van der Waals surface area contributed by atoms with Gasteiger partial charge in [0.25, 0.3) is 5.90 Å². The van der Waals surface area contributed by atoms with Gasteiger partial charge in [0.2, 0.25) is 6.29 Å². The normalized spacial score (nSPS) is 26.7. The number of carbonyl (C=O) groups is 3. The quantitative estimate of drug-likeness (QED) is 0.198. The number of carbonyl (C=O) groups excluding carboxylic acids is 3. The predicted octanol–water partition coefficient (Wildman–Crippen LogP) is 3.63. The van der Waals surface area contributed by atoms with Crippen molar-refractivity contribution < 1.29 is 56.0 Å². The highest BCUT2D eigenvalue weighted by Gasteiger charge is 2.55. The number of esters is 3. The zero-order chi connectivity index (χ0) is 28.0. The van der Waals surface area contributed by atoms with Crippen LogP contribution in [-0.4, -0.2) is 73.4 Å². The Bertz CT molecular complexity index is 1010. The van der Waals surface area contributed by atoms with Crippen molar-refractivity contribution in [2.24, 2.45) is 10.9 Å². The third-order valence-corrected chi connectivity index (χ3v) is 5.76. The van der Waals surface area contributed by atoms with Gasteiger partial charge < -0.3 is 28.4 Å². The second-order valence-electron chi connectivity index (χ2n) is 9.00. The number of aliphatic imine (C=N–C) groups is 1. The van der Waals surface area contributed by atoms with Crippen LogP contribution in [0.4, 0.5) is 18.9 Å². The SMILES string of the molecule is CC(=O)OC[C@H]1OC(OC(=Nc2ccccc2)C(F)(F)F)[C@H](OC(C)C2CC2)[C@@H](OC(C)=O)[C@@H]1OC(C)=O. The van der Waals surface area contributed by atoms with Gasteiger partial charge in [-0.25, -0.2) is 4.99 Å². The summed E-state index contributed by atoms with van der Waals surface area (Å²) in [5.74, 6) is -3.85. The number of halogens is 3. The maximum absolute atomic E-state index is 14.0. The molecule has 0 N–H and O–H groups in total. The first-order chi connectivity index (χ1) is 17.8. The highest BCUT2D eigenvalue weighted by molar-refractivity contribution is 5.84. The van der Waals surface area contributed by atoms with Crippen LogP contribution in [-0.2, 0) is 42.8 Å². The van der Waals surface area contributed by atoms with Crippen molar-refractivity contribution in [3.63, 3.8) is 0 Å². The van der Waals surface area contributed by atoms with E-state index in [0.717, 1.165) is 33.6 Å². The average molecular weight is 546 g/mol. The fourth-order valence-electron chi connectivity index (χ4n) is 3.92. The average Bonchev–Trinajstić information content (AvgIpc) is 3.66.